The van der Waals surface area contributed by atoms with Gasteiger partial charge in [0.2, 0.25) is 5.75 Å². The third kappa shape index (κ3) is 4.33. The fourth-order valence-corrected chi connectivity index (χ4v) is 2.52. The van der Waals surface area contributed by atoms with Crippen LogP contribution in [0.1, 0.15) is 29.8 Å². The molecule has 1 N–H and O–H groups in total. The SMILES string of the molecule is COc1cc(C(=O)NN=C(c2ccccc2)C(C)C)cc(OC)c1OC. The van der Waals surface area contributed by atoms with E-state index in [0.29, 0.717) is 22.8 Å². The van der Waals surface area contributed by atoms with Crippen molar-refractivity contribution in [2.24, 2.45) is 11.0 Å². The number of carbonyl (C=O) groups excluding carboxylic acids is 1. The number of benzene rings is 2. The third-order valence-corrected chi connectivity index (χ3v) is 3.82. The van der Waals surface area contributed by atoms with Crippen molar-refractivity contribution in [2.45, 2.75) is 13.8 Å². The Kier molecular flexibility index (Phi) is 6.60. The molecule has 0 aliphatic rings. The maximum Gasteiger partial charge on any atom is 0.271 e. The Morgan fingerprint density at radius 3 is 1.96 bits per heavy atom. The Morgan fingerprint density at radius 1 is 0.923 bits per heavy atom. The summed E-state index contributed by atoms with van der Waals surface area (Å²) in [4.78, 5) is 12.6. The number of ether oxygens (including phenoxy) is 3. The molecule has 0 fully saturated rings. The van der Waals surface area contributed by atoms with Gasteiger partial charge in [-0.25, -0.2) is 5.43 Å². The molecule has 138 valence electrons. The first-order valence-electron chi connectivity index (χ1n) is 8.25. The van der Waals surface area contributed by atoms with Crippen LogP contribution in [0, 0.1) is 5.92 Å². The van der Waals surface area contributed by atoms with E-state index in [1.165, 1.54) is 21.3 Å². The summed E-state index contributed by atoms with van der Waals surface area (Å²) in [7, 11) is 4.52. The molecule has 6 nitrogen and oxygen atoms in total. The average Bonchev–Trinajstić information content (AvgIpc) is 2.67. The van der Waals surface area contributed by atoms with Crippen LogP contribution >= 0.6 is 0 Å². The zero-order valence-electron chi connectivity index (χ0n) is 15.7. The van der Waals surface area contributed by atoms with Gasteiger partial charge in [0, 0.05) is 5.56 Å². The lowest BCUT2D eigenvalue weighted by Gasteiger charge is -2.14. The number of carbonyl (C=O) groups is 1. The topological polar surface area (TPSA) is 69.2 Å². The second kappa shape index (κ2) is 8.89. The number of methoxy groups -OCH3 is 3. The lowest BCUT2D eigenvalue weighted by molar-refractivity contribution is 0.0954. The molecule has 0 radical (unpaired) electrons. The van der Waals surface area contributed by atoms with Gasteiger partial charge in [0.25, 0.3) is 5.91 Å². The summed E-state index contributed by atoms with van der Waals surface area (Å²) in [5, 5.41) is 4.33. The molecule has 0 bridgehead atoms. The molecule has 6 heteroatoms. The van der Waals surface area contributed by atoms with Gasteiger partial charge >= 0.3 is 0 Å². The highest BCUT2D eigenvalue weighted by atomic mass is 16.5. The molecule has 0 aliphatic heterocycles. The van der Waals surface area contributed by atoms with Crippen LogP contribution in [0.2, 0.25) is 0 Å². The summed E-state index contributed by atoms with van der Waals surface area (Å²) < 4.78 is 15.8. The average molecular weight is 356 g/mol. The van der Waals surface area contributed by atoms with Gasteiger partial charge in [0.1, 0.15) is 0 Å². The number of nitrogens with one attached hydrogen (secondary N) is 1. The smallest absolute Gasteiger partial charge is 0.271 e. The number of amides is 1. The fraction of sp³-hybridized carbons (Fsp3) is 0.300. The zero-order valence-corrected chi connectivity index (χ0v) is 15.7. The molecule has 26 heavy (non-hydrogen) atoms. The number of rotatable bonds is 7. The van der Waals surface area contributed by atoms with Crippen molar-refractivity contribution in [3.63, 3.8) is 0 Å². The molecule has 2 rings (SSSR count). The van der Waals surface area contributed by atoms with Crippen LogP contribution in [0.3, 0.4) is 0 Å². The number of hydrogen-bond donors (Lipinski definition) is 1. The molecule has 2 aromatic rings. The highest BCUT2D eigenvalue weighted by Gasteiger charge is 2.17. The third-order valence-electron chi connectivity index (χ3n) is 3.82. The standard InChI is InChI=1S/C20H24N2O4/c1-13(2)18(14-9-7-6-8-10-14)21-22-20(23)15-11-16(24-3)19(26-5)17(12-15)25-4/h6-13H,1-5H3,(H,22,23). The molecule has 0 aromatic heterocycles. The second-order valence-corrected chi connectivity index (χ2v) is 5.87. The summed E-state index contributed by atoms with van der Waals surface area (Å²) in [5.41, 5.74) is 4.74. The van der Waals surface area contributed by atoms with Crippen molar-refractivity contribution < 1.29 is 19.0 Å². The van der Waals surface area contributed by atoms with Crippen LogP contribution in [-0.2, 0) is 0 Å². The Hall–Kier alpha value is -3.02. The molecule has 0 saturated heterocycles. The predicted molar refractivity (Wildman–Crippen MR) is 101 cm³/mol. The molecular formula is C20H24N2O4. The monoisotopic (exact) mass is 356 g/mol. The molecule has 2 aromatic carbocycles. The minimum atomic E-state index is -0.363. The summed E-state index contributed by atoms with van der Waals surface area (Å²) in [6, 6.07) is 12.9. The minimum absolute atomic E-state index is 0.151. The highest BCUT2D eigenvalue weighted by molar-refractivity contribution is 6.03. The van der Waals surface area contributed by atoms with Crippen molar-refractivity contribution in [1.29, 1.82) is 0 Å². The van der Waals surface area contributed by atoms with Gasteiger partial charge in [0.05, 0.1) is 27.0 Å². The molecular weight excluding hydrogens is 332 g/mol. The van der Waals surface area contributed by atoms with Crippen LogP contribution in [0.4, 0.5) is 0 Å². The number of nitrogens with zero attached hydrogens (tertiary/aromatic N) is 1. The molecule has 1 amide bonds. The first kappa shape index (κ1) is 19.3. The Bertz CT molecular complexity index is 761. The van der Waals surface area contributed by atoms with Gasteiger partial charge in [-0.1, -0.05) is 44.2 Å². The largest absolute Gasteiger partial charge is 0.493 e. The van der Waals surface area contributed by atoms with Gasteiger partial charge in [-0.15, -0.1) is 0 Å². The lowest BCUT2D eigenvalue weighted by Crippen LogP contribution is -2.22. The van der Waals surface area contributed by atoms with Crippen LogP contribution < -0.4 is 19.6 Å². The van der Waals surface area contributed by atoms with E-state index in [1.807, 2.05) is 44.2 Å². The molecule has 0 unspecified atom stereocenters. The summed E-state index contributed by atoms with van der Waals surface area (Å²) in [6.07, 6.45) is 0. The lowest BCUT2D eigenvalue weighted by atomic mass is 10.0. The van der Waals surface area contributed by atoms with E-state index in [-0.39, 0.29) is 11.8 Å². The van der Waals surface area contributed by atoms with E-state index < -0.39 is 0 Å². The van der Waals surface area contributed by atoms with Crippen molar-refractivity contribution in [3.05, 3.63) is 53.6 Å². The zero-order chi connectivity index (χ0) is 19.1. The maximum absolute atomic E-state index is 12.6. The first-order chi connectivity index (χ1) is 12.5. The Balaban J connectivity index is 2.31. The highest BCUT2D eigenvalue weighted by Crippen LogP contribution is 2.38. The van der Waals surface area contributed by atoms with Crippen LogP contribution in [0.15, 0.2) is 47.6 Å². The van der Waals surface area contributed by atoms with Crippen molar-refractivity contribution in [3.8, 4) is 17.2 Å². The maximum atomic E-state index is 12.6. The molecule has 0 heterocycles. The Morgan fingerprint density at radius 2 is 1.50 bits per heavy atom. The normalized spacial score (nSPS) is 11.2. The van der Waals surface area contributed by atoms with Gasteiger partial charge in [0.15, 0.2) is 11.5 Å². The van der Waals surface area contributed by atoms with E-state index in [0.717, 1.165) is 11.3 Å². The predicted octanol–water partition coefficient (Wildman–Crippen LogP) is 3.50. The van der Waals surface area contributed by atoms with E-state index in [1.54, 1.807) is 12.1 Å². The van der Waals surface area contributed by atoms with Crippen LogP contribution in [-0.4, -0.2) is 32.9 Å². The van der Waals surface area contributed by atoms with Crippen molar-refractivity contribution in [1.82, 2.24) is 5.43 Å². The number of hydrazone groups is 1. The van der Waals surface area contributed by atoms with E-state index in [9.17, 15) is 4.79 Å². The van der Waals surface area contributed by atoms with E-state index in [2.05, 4.69) is 10.5 Å². The van der Waals surface area contributed by atoms with Gasteiger partial charge in [-0.2, -0.15) is 5.10 Å². The van der Waals surface area contributed by atoms with E-state index >= 15 is 0 Å². The molecule has 0 aliphatic carbocycles. The minimum Gasteiger partial charge on any atom is -0.493 e. The Labute approximate surface area is 153 Å². The summed E-state index contributed by atoms with van der Waals surface area (Å²) >= 11 is 0. The van der Waals surface area contributed by atoms with Gasteiger partial charge < -0.3 is 14.2 Å². The van der Waals surface area contributed by atoms with Crippen molar-refractivity contribution >= 4 is 11.6 Å². The molecule has 0 saturated carbocycles. The van der Waals surface area contributed by atoms with Crippen molar-refractivity contribution in [2.75, 3.05) is 21.3 Å². The molecule has 0 spiro atoms. The van der Waals surface area contributed by atoms with Crippen LogP contribution in [0.5, 0.6) is 17.2 Å². The molecule has 0 atom stereocenters. The van der Waals surface area contributed by atoms with Gasteiger partial charge in [-0.3, -0.25) is 4.79 Å². The first-order valence-corrected chi connectivity index (χ1v) is 8.25. The second-order valence-electron chi connectivity index (χ2n) is 5.87. The summed E-state index contributed by atoms with van der Waals surface area (Å²) in [5.74, 6) is 1.04. The van der Waals surface area contributed by atoms with Crippen LogP contribution in [0.25, 0.3) is 0 Å². The van der Waals surface area contributed by atoms with Gasteiger partial charge in [-0.05, 0) is 23.6 Å². The fourth-order valence-electron chi connectivity index (χ4n) is 2.52. The quantitative estimate of drug-likeness (QED) is 0.609. The summed E-state index contributed by atoms with van der Waals surface area (Å²) in [6.45, 7) is 4.05. The van der Waals surface area contributed by atoms with E-state index in [4.69, 9.17) is 14.2 Å². The number of hydrogen-bond acceptors (Lipinski definition) is 5.